The molecule has 6 heteroatoms. The molecule has 0 bridgehead atoms. The highest BCUT2D eigenvalue weighted by Crippen LogP contribution is 2.21. The minimum absolute atomic E-state index is 0.123. The summed E-state index contributed by atoms with van der Waals surface area (Å²) in [6.07, 6.45) is 0. The Balaban J connectivity index is 2.01. The molecule has 0 radical (unpaired) electrons. The summed E-state index contributed by atoms with van der Waals surface area (Å²) in [5.41, 5.74) is 2.30. The molecule has 0 unspecified atom stereocenters. The van der Waals surface area contributed by atoms with Crippen molar-refractivity contribution in [2.45, 2.75) is 19.9 Å². The summed E-state index contributed by atoms with van der Waals surface area (Å²) in [5.74, 6) is 0. The quantitative estimate of drug-likeness (QED) is 0.766. The van der Waals surface area contributed by atoms with Gasteiger partial charge < -0.3 is 14.9 Å². The third-order valence-electron chi connectivity index (χ3n) is 4.23. The Morgan fingerprint density at radius 1 is 1.17 bits per heavy atom. The number of benzene rings is 1. The molecule has 5 nitrogen and oxygen atoms in total. The molecule has 2 heterocycles. The van der Waals surface area contributed by atoms with Gasteiger partial charge in [0.1, 0.15) is 5.69 Å². The highest BCUT2D eigenvalue weighted by atomic mass is 35.5. The van der Waals surface area contributed by atoms with Gasteiger partial charge in [0, 0.05) is 34.2 Å². The lowest BCUT2D eigenvalue weighted by Gasteiger charge is -2.16. The Kier molecular flexibility index (Phi) is 4.20. The van der Waals surface area contributed by atoms with E-state index in [0.717, 1.165) is 16.6 Å². The van der Waals surface area contributed by atoms with Gasteiger partial charge in [0.2, 0.25) is 0 Å². The number of halogens is 1. The van der Waals surface area contributed by atoms with E-state index in [-0.39, 0.29) is 17.2 Å². The van der Waals surface area contributed by atoms with E-state index in [9.17, 15) is 9.59 Å². The summed E-state index contributed by atoms with van der Waals surface area (Å²) in [6.45, 7) is 3.71. The molecule has 0 aliphatic carbocycles. The molecule has 1 atom stereocenters. The SMILES string of the molecule is Cc1ccc(N[C@@H](C)c2cc3cc(Cl)ccc3[nH]c2=O)c(=O)n1C. The minimum atomic E-state index is -0.326. The summed E-state index contributed by atoms with van der Waals surface area (Å²) in [7, 11) is 1.72. The van der Waals surface area contributed by atoms with Gasteiger partial charge in [-0.25, -0.2) is 0 Å². The number of pyridine rings is 2. The Labute approximate surface area is 143 Å². The predicted molar refractivity (Wildman–Crippen MR) is 98.0 cm³/mol. The van der Waals surface area contributed by atoms with E-state index in [1.165, 1.54) is 0 Å². The van der Waals surface area contributed by atoms with Crippen LogP contribution in [0, 0.1) is 6.92 Å². The highest BCUT2D eigenvalue weighted by molar-refractivity contribution is 6.31. The normalized spacial score (nSPS) is 12.3. The number of aromatic nitrogens is 2. The van der Waals surface area contributed by atoms with Crippen LogP contribution in [0.1, 0.15) is 24.2 Å². The van der Waals surface area contributed by atoms with Gasteiger partial charge in [-0.15, -0.1) is 0 Å². The van der Waals surface area contributed by atoms with Crippen molar-refractivity contribution in [3.63, 3.8) is 0 Å². The Bertz CT molecular complexity index is 1040. The second-order valence-corrected chi connectivity index (χ2v) is 6.34. The molecule has 1 aromatic carbocycles. The molecule has 24 heavy (non-hydrogen) atoms. The number of nitrogens with zero attached hydrogens (tertiary/aromatic N) is 1. The Hall–Kier alpha value is -2.53. The van der Waals surface area contributed by atoms with E-state index < -0.39 is 0 Å². The first-order chi connectivity index (χ1) is 11.4. The standard InChI is InChI=1S/C18H18ClN3O2/c1-10-4-6-16(18(24)22(10)3)20-11(2)14-9-12-8-13(19)5-7-15(12)21-17(14)23/h4-9,11,20H,1-3H3,(H,21,23)/t11-/m0/s1. The number of nitrogens with one attached hydrogen (secondary N) is 2. The molecule has 0 saturated heterocycles. The average Bonchev–Trinajstić information content (AvgIpc) is 2.55. The maximum Gasteiger partial charge on any atom is 0.273 e. The zero-order chi connectivity index (χ0) is 17.4. The molecule has 0 aliphatic heterocycles. The molecular weight excluding hydrogens is 326 g/mol. The molecule has 3 aromatic rings. The van der Waals surface area contributed by atoms with E-state index in [0.29, 0.717) is 16.3 Å². The van der Waals surface area contributed by atoms with Gasteiger partial charge in [0.25, 0.3) is 11.1 Å². The van der Waals surface area contributed by atoms with Crippen molar-refractivity contribution in [3.05, 3.63) is 73.4 Å². The fourth-order valence-electron chi connectivity index (χ4n) is 2.66. The number of aryl methyl sites for hydroxylation is 1. The van der Waals surface area contributed by atoms with Crippen molar-refractivity contribution in [2.75, 3.05) is 5.32 Å². The van der Waals surface area contributed by atoms with Gasteiger partial charge in [-0.2, -0.15) is 0 Å². The molecule has 0 saturated carbocycles. The van der Waals surface area contributed by atoms with Crippen LogP contribution in [0.4, 0.5) is 5.69 Å². The Morgan fingerprint density at radius 2 is 1.92 bits per heavy atom. The number of H-pyrrole nitrogens is 1. The van der Waals surface area contributed by atoms with Gasteiger partial charge in [0.15, 0.2) is 0 Å². The summed E-state index contributed by atoms with van der Waals surface area (Å²) in [5, 5.41) is 4.58. The average molecular weight is 344 g/mol. The Morgan fingerprint density at radius 3 is 2.67 bits per heavy atom. The van der Waals surface area contributed by atoms with Crippen molar-refractivity contribution in [2.24, 2.45) is 7.05 Å². The number of anilines is 1. The molecule has 0 spiro atoms. The van der Waals surface area contributed by atoms with Gasteiger partial charge in [-0.05, 0) is 50.2 Å². The van der Waals surface area contributed by atoms with E-state index in [2.05, 4.69) is 10.3 Å². The second kappa shape index (κ2) is 6.17. The van der Waals surface area contributed by atoms with Crippen LogP contribution in [0.2, 0.25) is 5.02 Å². The smallest absolute Gasteiger partial charge is 0.273 e. The van der Waals surface area contributed by atoms with E-state index >= 15 is 0 Å². The maximum absolute atomic E-state index is 12.3. The minimum Gasteiger partial charge on any atom is -0.374 e. The number of aromatic amines is 1. The third-order valence-corrected chi connectivity index (χ3v) is 4.46. The van der Waals surface area contributed by atoms with Crippen LogP contribution >= 0.6 is 11.6 Å². The van der Waals surface area contributed by atoms with Crippen molar-refractivity contribution in [1.82, 2.24) is 9.55 Å². The molecule has 0 amide bonds. The maximum atomic E-state index is 12.3. The fraction of sp³-hybridized carbons (Fsp3) is 0.222. The summed E-state index contributed by atoms with van der Waals surface area (Å²) in [4.78, 5) is 27.5. The number of hydrogen-bond donors (Lipinski definition) is 2. The monoisotopic (exact) mass is 343 g/mol. The second-order valence-electron chi connectivity index (χ2n) is 5.90. The zero-order valence-electron chi connectivity index (χ0n) is 13.7. The molecule has 2 N–H and O–H groups in total. The van der Waals surface area contributed by atoms with Crippen molar-refractivity contribution in [1.29, 1.82) is 0 Å². The molecule has 124 valence electrons. The van der Waals surface area contributed by atoms with Crippen LogP contribution in [0.5, 0.6) is 0 Å². The van der Waals surface area contributed by atoms with Gasteiger partial charge in [-0.3, -0.25) is 9.59 Å². The van der Waals surface area contributed by atoms with Crippen LogP contribution in [-0.4, -0.2) is 9.55 Å². The lowest BCUT2D eigenvalue weighted by molar-refractivity contribution is 0.803. The first kappa shape index (κ1) is 16.3. The topological polar surface area (TPSA) is 66.9 Å². The van der Waals surface area contributed by atoms with E-state index in [1.807, 2.05) is 19.9 Å². The van der Waals surface area contributed by atoms with Crippen molar-refractivity contribution in [3.8, 4) is 0 Å². The summed E-state index contributed by atoms with van der Waals surface area (Å²) >= 11 is 6.02. The molecule has 0 fully saturated rings. The van der Waals surface area contributed by atoms with Crippen molar-refractivity contribution < 1.29 is 0 Å². The van der Waals surface area contributed by atoms with Crippen LogP contribution in [-0.2, 0) is 7.05 Å². The van der Waals surface area contributed by atoms with Crippen LogP contribution < -0.4 is 16.4 Å². The molecular formula is C18H18ClN3O2. The van der Waals surface area contributed by atoms with E-state index in [4.69, 9.17) is 11.6 Å². The van der Waals surface area contributed by atoms with Gasteiger partial charge >= 0.3 is 0 Å². The van der Waals surface area contributed by atoms with Crippen LogP contribution in [0.15, 0.2) is 46.0 Å². The first-order valence-corrected chi connectivity index (χ1v) is 8.00. The number of rotatable bonds is 3. The van der Waals surface area contributed by atoms with E-state index in [1.54, 1.807) is 41.9 Å². The number of hydrogen-bond acceptors (Lipinski definition) is 3. The lowest BCUT2D eigenvalue weighted by Crippen LogP contribution is -2.26. The van der Waals surface area contributed by atoms with Crippen LogP contribution in [0.25, 0.3) is 10.9 Å². The zero-order valence-corrected chi connectivity index (χ0v) is 14.4. The summed E-state index contributed by atoms with van der Waals surface area (Å²) in [6, 6.07) is 10.4. The predicted octanol–water partition coefficient (Wildman–Crippen LogP) is 3.36. The molecule has 2 aromatic heterocycles. The summed E-state index contributed by atoms with van der Waals surface area (Å²) < 4.78 is 1.57. The van der Waals surface area contributed by atoms with Crippen LogP contribution in [0.3, 0.4) is 0 Å². The van der Waals surface area contributed by atoms with Gasteiger partial charge in [0.05, 0.1) is 6.04 Å². The fourth-order valence-corrected chi connectivity index (χ4v) is 2.85. The van der Waals surface area contributed by atoms with Gasteiger partial charge in [-0.1, -0.05) is 11.6 Å². The first-order valence-electron chi connectivity index (χ1n) is 7.62. The number of fused-ring (bicyclic) bond motifs is 1. The third kappa shape index (κ3) is 2.95. The molecule has 0 aliphatic rings. The van der Waals surface area contributed by atoms with Crippen molar-refractivity contribution >= 4 is 28.2 Å². The lowest BCUT2D eigenvalue weighted by atomic mass is 10.1. The molecule has 3 rings (SSSR count). The largest absolute Gasteiger partial charge is 0.374 e. The highest BCUT2D eigenvalue weighted by Gasteiger charge is 2.13.